The Hall–Kier alpha value is -4.15. The molecule has 263 valence electrons. The van der Waals surface area contributed by atoms with Crippen LogP contribution in [-0.2, 0) is 32.9 Å². The van der Waals surface area contributed by atoms with Crippen molar-refractivity contribution >= 4 is 35.2 Å². The molecule has 0 bridgehead atoms. The van der Waals surface area contributed by atoms with Crippen molar-refractivity contribution in [2.45, 2.75) is 72.9 Å². The van der Waals surface area contributed by atoms with Gasteiger partial charge in [-0.2, -0.15) is 0 Å². The van der Waals surface area contributed by atoms with Crippen LogP contribution in [0.1, 0.15) is 69.6 Å². The van der Waals surface area contributed by atoms with Crippen LogP contribution in [0.15, 0.2) is 120 Å². The first-order valence-electron chi connectivity index (χ1n) is 19.6. The summed E-state index contributed by atoms with van der Waals surface area (Å²) in [4.78, 5) is 9.09. The van der Waals surface area contributed by atoms with E-state index in [9.17, 15) is 0 Å². The van der Waals surface area contributed by atoms with Gasteiger partial charge in [0.05, 0.1) is 13.7 Å². The van der Waals surface area contributed by atoms with Crippen LogP contribution in [0, 0.1) is 17.5 Å². The summed E-state index contributed by atoms with van der Waals surface area (Å²) in [5.74, 6) is -0.698. The Bertz CT molecular complexity index is 2450. The predicted molar refractivity (Wildman–Crippen MR) is 214 cm³/mol. The number of hydrogen-bond acceptors (Lipinski definition) is 3. The van der Waals surface area contributed by atoms with Crippen molar-refractivity contribution in [1.29, 1.82) is 0 Å². The molecule has 0 saturated carbocycles. The number of aromatic nitrogens is 2. The van der Waals surface area contributed by atoms with Crippen molar-refractivity contribution in [3.05, 3.63) is 150 Å². The van der Waals surface area contributed by atoms with Gasteiger partial charge in [-0.25, -0.2) is 0 Å². The summed E-state index contributed by atoms with van der Waals surface area (Å²) < 4.78 is 49.1. The minimum Gasteiger partial charge on any atom is -0.500 e. The SMILES string of the molecule is [2H]C(C)(C)c1ccc2oc3c[c-]c(-c4cc(C([2H])([2H])C(C)(C)C)ccn4)cc3c2c1.[2H]C([2H])(c1ccccc1)c1cc(-c2[c-]cccc2)ncc1[Si](C)(C)C.[Ir]. The van der Waals surface area contributed by atoms with Gasteiger partial charge in [0.2, 0.25) is 0 Å². The average Bonchev–Trinajstić information content (AvgIpc) is 3.52. The van der Waals surface area contributed by atoms with Crippen molar-refractivity contribution in [1.82, 2.24) is 9.97 Å². The zero-order valence-electron chi connectivity index (χ0n) is 35.6. The summed E-state index contributed by atoms with van der Waals surface area (Å²) >= 11 is 0. The van der Waals surface area contributed by atoms with Crippen molar-refractivity contribution < 1.29 is 31.4 Å². The van der Waals surface area contributed by atoms with Gasteiger partial charge in [-0.1, -0.05) is 119 Å². The van der Waals surface area contributed by atoms with Crippen molar-refractivity contribution in [2.24, 2.45) is 5.41 Å². The molecule has 5 heteroatoms. The van der Waals surface area contributed by atoms with Crippen LogP contribution in [0.3, 0.4) is 0 Å². The normalized spacial score (nSPS) is 13.9. The molecule has 0 saturated heterocycles. The maximum Gasteiger partial charge on any atom is 0.120 e. The number of rotatable bonds is 7. The first-order chi connectivity index (χ1) is 25.7. The Morgan fingerprint density at radius 3 is 2.20 bits per heavy atom. The second-order valence-corrected chi connectivity index (χ2v) is 19.9. The maximum atomic E-state index is 8.84. The number of furan rings is 1. The summed E-state index contributed by atoms with van der Waals surface area (Å²) in [5, 5.41) is 2.95. The van der Waals surface area contributed by atoms with E-state index in [1.165, 1.54) is 0 Å². The molecule has 0 spiro atoms. The molecule has 0 atom stereocenters. The molecule has 1 radical (unpaired) electrons. The molecule has 0 aliphatic carbocycles. The molecular formula is C46H48IrN2OSi-2. The van der Waals surface area contributed by atoms with Crippen LogP contribution >= 0.6 is 0 Å². The fraction of sp³-hybridized carbons (Fsp3) is 0.261. The fourth-order valence-corrected chi connectivity index (χ4v) is 7.20. The zero-order valence-corrected chi connectivity index (χ0v) is 34.0. The quantitative estimate of drug-likeness (QED) is 0.118. The van der Waals surface area contributed by atoms with E-state index in [1.807, 2.05) is 138 Å². The third kappa shape index (κ3) is 9.59. The Balaban J connectivity index is 0.000000214. The smallest absolute Gasteiger partial charge is 0.120 e. The molecule has 0 unspecified atom stereocenters. The van der Waals surface area contributed by atoms with Gasteiger partial charge in [-0.05, 0) is 70.0 Å². The van der Waals surface area contributed by atoms with Crippen LogP contribution < -0.4 is 5.19 Å². The van der Waals surface area contributed by atoms with Gasteiger partial charge in [0.25, 0.3) is 0 Å². The second kappa shape index (κ2) is 16.0. The minimum absolute atomic E-state index is 0. The van der Waals surface area contributed by atoms with Crippen LogP contribution in [0.4, 0.5) is 0 Å². The number of fused-ring (bicyclic) bond motifs is 3. The van der Waals surface area contributed by atoms with Crippen LogP contribution in [0.5, 0.6) is 0 Å². The zero-order chi connectivity index (χ0) is 40.0. The Labute approximate surface area is 326 Å². The van der Waals surface area contributed by atoms with Gasteiger partial charge in [0, 0.05) is 44.7 Å². The predicted octanol–water partition coefficient (Wildman–Crippen LogP) is 11.8. The molecule has 3 nitrogen and oxygen atoms in total. The minimum atomic E-state index is -1.76. The van der Waals surface area contributed by atoms with Gasteiger partial charge < -0.3 is 14.4 Å². The summed E-state index contributed by atoms with van der Waals surface area (Å²) in [6, 6.07) is 38.6. The first kappa shape index (κ1) is 31.6. The van der Waals surface area contributed by atoms with Gasteiger partial charge in [-0.15, -0.1) is 59.7 Å². The standard InChI is InChI=1S/C25H26NO.C21H22NSi.Ir/c1-16(2)18-6-8-23-20(13-18)21-14-19(7-9-24(21)27-23)22-12-17(10-11-26-22)15-25(3,4)5;1-23(2,3)21-16-22-20(18-12-8-5-9-13-18)15-19(21)14-17-10-6-4-7-11-17;/h6,8-14,16H,15H2,1-5H3;4-12,15-16H,14H2,1-3H3;/q2*-1;/i15D2,16D;14D2;. The van der Waals surface area contributed by atoms with Gasteiger partial charge in [-0.3, -0.25) is 0 Å². The van der Waals surface area contributed by atoms with E-state index in [0.29, 0.717) is 16.8 Å². The molecular weight excluding hydrogens is 817 g/mol. The molecule has 0 aliphatic heterocycles. The van der Waals surface area contributed by atoms with Crippen molar-refractivity contribution in [3.8, 4) is 22.5 Å². The molecule has 3 heterocycles. The molecule has 4 aromatic carbocycles. The van der Waals surface area contributed by atoms with E-state index >= 15 is 0 Å². The molecule has 0 fully saturated rings. The maximum absolute atomic E-state index is 8.84. The average molecular weight is 870 g/mol. The first-order valence-corrected chi connectivity index (χ1v) is 20.6. The third-order valence-electron chi connectivity index (χ3n) is 8.28. The largest absolute Gasteiger partial charge is 0.500 e. The van der Waals surface area contributed by atoms with Gasteiger partial charge in [0.15, 0.2) is 0 Å². The molecule has 0 aliphatic rings. The molecule has 3 aromatic heterocycles. The summed E-state index contributed by atoms with van der Waals surface area (Å²) in [6.45, 7) is 16.1. The molecule has 51 heavy (non-hydrogen) atoms. The molecule has 7 aromatic rings. The van der Waals surface area contributed by atoms with Gasteiger partial charge in [0.1, 0.15) is 5.58 Å². The summed E-state index contributed by atoms with van der Waals surface area (Å²) in [7, 11) is -1.76. The van der Waals surface area contributed by atoms with Gasteiger partial charge >= 0.3 is 0 Å². The van der Waals surface area contributed by atoms with Crippen LogP contribution in [0.2, 0.25) is 19.6 Å². The van der Waals surface area contributed by atoms with Crippen molar-refractivity contribution in [3.63, 3.8) is 0 Å². The fourth-order valence-electron chi connectivity index (χ4n) is 5.80. The number of hydrogen-bond donors (Lipinski definition) is 0. The van der Waals surface area contributed by atoms with E-state index in [0.717, 1.165) is 55.1 Å². The Morgan fingerprint density at radius 2 is 1.51 bits per heavy atom. The number of benzene rings is 4. The molecule has 7 rings (SSSR count). The third-order valence-corrected chi connectivity index (χ3v) is 10.3. The molecule has 0 N–H and O–H groups in total. The monoisotopic (exact) mass is 870 g/mol. The number of nitrogens with zero attached hydrogens (tertiary/aromatic N) is 2. The van der Waals surface area contributed by atoms with Crippen LogP contribution in [0.25, 0.3) is 44.5 Å². The van der Waals surface area contributed by atoms with E-state index in [1.54, 1.807) is 12.3 Å². The summed E-state index contributed by atoms with van der Waals surface area (Å²) in [5.41, 5.74) is 6.98. The Kier molecular flexibility index (Phi) is 9.92. The van der Waals surface area contributed by atoms with Crippen molar-refractivity contribution in [2.75, 3.05) is 0 Å². The van der Waals surface area contributed by atoms with Crippen LogP contribution in [-0.4, -0.2) is 18.0 Å². The van der Waals surface area contributed by atoms with E-state index in [-0.39, 0.29) is 20.1 Å². The second-order valence-electron chi connectivity index (χ2n) is 14.9. The van der Waals surface area contributed by atoms with E-state index in [4.69, 9.17) is 11.3 Å². The summed E-state index contributed by atoms with van der Waals surface area (Å²) in [6.07, 6.45) is 0.466. The Morgan fingerprint density at radius 1 is 0.784 bits per heavy atom. The van der Waals surface area contributed by atoms with E-state index in [2.05, 4.69) is 41.7 Å². The van der Waals surface area contributed by atoms with E-state index < -0.39 is 32.1 Å². The number of pyridine rings is 2. The molecule has 0 amide bonds. The topological polar surface area (TPSA) is 38.9 Å².